The Morgan fingerprint density at radius 2 is 2.11 bits per heavy atom. The van der Waals surface area contributed by atoms with Gasteiger partial charge in [-0.05, 0) is 23.3 Å². The Bertz CT molecular complexity index is 586. The Morgan fingerprint density at radius 3 is 2.68 bits per heavy atom. The fourth-order valence-electron chi connectivity index (χ4n) is 1.20. The molecule has 0 saturated heterocycles. The maximum absolute atomic E-state index is 10.6. The second-order valence-corrected chi connectivity index (χ2v) is 8.02. The van der Waals surface area contributed by atoms with Crippen LogP contribution in [-0.4, -0.2) is 25.4 Å². The molecule has 0 atom stereocenters. The molecule has 0 aliphatic carbocycles. The average Bonchev–Trinajstić information content (AvgIpc) is 2.86. The van der Waals surface area contributed by atoms with Crippen molar-refractivity contribution in [3.8, 4) is 0 Å². The molecule has 0 unspecified atom stereocenters. The highest BCUT2D eigenvalue weighted by atomic mass is 32.2. The van der Waals surface area contributed by atoms with E-state index in [4.69, 9.17) is 5.11 Å². The molecule has 0 spiro atoms. The lowest BCUT2D eigenvalue weighted by molar-refractivity contribution is -0.136. The summed E-state index contributed by atoms with van der Waals surface area (Å²) < 4.78 is 5.96. The van der Waals surface area contributed by atoms with Crippen molar-refractivity contribution in [2.45, 2.75) is 41.3 Å². The van der Waals surface area contributed by atoms with E-state index in [9.17, 15) is 4.79 Å². The molecular weight excluding hydrogens is 302 g/mol. The summed E-state index contributed by atoms with van der Waals surface area (Å²) in [6.45, 7) is 6.20. The van der Waals surface area contributed by atoms with E-state index in [-0.39, 0.29) is 11.8 Å². The highest BCUT2D eigenvalue weighted by molar-refractivity contribution is 8.02. The summed E-state index contributed by atoms with van der Waals surface area (Å²) in [6.07, 6.45) is -0.0412. The summed E-state index contributed by atoms with van der Waals surface area (Å²) in [7, 11) is 0. The molecule has 2 rings (SSSR count). The van der Waals surface area contributed by atoms with Gasteiger partial charge >= 0.3 is 5.97 Å². The Labute approximate surface area is 123 Å². The van der Waals surface area contributed by atoms with E-state index in [1.807, 2.05) is 0 Å². The van der Waals surface area contributed by atoms with Gasteiger partial charge in [-0.1, -0.05) is 20.8 Å². The van der Waals surface area contributed by atoms with Crippen LogP contribution in [0.4, 0.5) is 0 Å². The quantitative estimate of drug-likeness (QED) is 0.934. The van der Waals surface area contributed by atoms with E-state index in [2.05, 4.69) is 35.1 Å². The molecule has 19 heavy (non-hydrogen) atoms. The summed E-state index contributed by atoms with van der Waals surface area (Å²) >= 11 is 4.21. The first-order valence-electron chi connectivity index (χ1n) is 5.53. The number of carbonyl (C=O) groups is 1. The van der Waals surface area contributed by atoms with Gasteiger partial charge in [0.05, 0.1) is 12.1 Å². The zero-order chi connectivity index (χ0) is 14.0. The Hall–Kier alpha value is -0.990. The van der Waals surface area contributed by atoms with Gasteiger partial charge in [0.25, 0.3) is 0 Å². The number of nitrogens with zero attached hydrogens (tertiary/aromatic N) is 3. The number of thiazole rings is 1. The topological polar surface area (TPSA) is 76.0 Å². The van der Waals surface area contributed by atoms with Crippen molar-refractivity contribution in [1.29, 1.82) is 0 Å². The number of carboxylic acid groups (broad SMARTS) is 1. The standard InChI is InChI=1S/C11H13N3O2S3/c1-11(2,3)8-13-10(19-14-8)18-9-12-6(5-17-9)4-7(15)16/h5H,4H2,1-3H3,(H,15,16). The summed E-state index contributed by atoms with van der Waals surface area (Å²) in [6, 6.07) is 0. The minimum atomic E-state index is -0.868. The molecule has 0 saturated carbocycles. The maximum atomic E-state index is 10.6. The first-order valence-corrected chi connectivity index (χ1v) is 8.00. The highest BCUT2D eigenvalue weighted by Gasteiger charge is 2.20. The van der Waals surface area contributed by atoms with Crippen molar-refractivity contribution >= 4 is 40.6 Å². The van der Waals surface area contributed by atoms with Gasteiger partial charge in [0, 0.05) is 10.8 Å². The lowest BCUT2D eigenvalue weighted by atomic mass is 9.96. The van der Waals surface area contributed by atoms with E-state index < -0.39 is 5.97 Å². The number of aliphatic carboxylic acids is 1. The van der Waals surface area contributed by atoms with Gasteiger partial charge in [0.1, 0.15) is 5.82 Å². The molecular formula is C11H13N3O2S3. The van der Waals surface area contributed by atoms with Gasteiger partial charge in [0.15, 0.2) is 8.68 Å². The average molecular weight is 315 g/mol. The van der Waals surface area contributed by atoms with Crippen LogP contribution >= 0.6 is 34.6 Å². The molecule has 0 aromatic carbocycles. The van der Waals surface area contributed by atoms with Crippen LogP contribution in [0.15, 0.2) is 14.1 Å². The van der Waals surface area contributed by atoms with Crippen LogP contribution in [0.3, 0.4) is 0 Å². The fraction of sp³-hybridized carbons (Fsp3) is 0.455. The second-order valence-electron chi connectivity index (χ2n) is 4.91. The normalized spacial score (nSPS) is 11.7. The van der Waals surface area contributed by atoms with E-state index in [1.54, 1.807) is 5.38 Å². The van der Waals surface area contributed by atoms with E-state index in [0.29, 0.717) is 5.69 Å². The van der Waals surface area contributed by atoms with E-state index in [0.717, 1.165) is 14.5 Å². The molecule has 2 heterocycles. The summed E-state index contributed by atoms with van der Waals surface area (Å²) in [5.41, 5.74) is 0.521. The van der Waals surface area contributed by atoms with Crippen LogP contribution < -0.4 is 0 Å². The molecule has 0 bridgehead atoms. The van der Waals surface area contributed by atoms with Gasteiger partial charge in [-0.15, -0.1) is 11.3 Å². The van der Waals surface area contributed by atoms with E-state index >= 15 is 0 Å². The summed E-state index contributed by atoms with van der Waals surface area (Å²) in [5.74, 6) is -0.0462. The molecule has 0 fully saturated rings. The zero-order valence-electron chi connectivity index (χ0n) is 10.7. The summed E-state index contributed by atoms with van der Waals surface area (Å²) in [4.78, 5) is 19.3. The lowest BCUT2D eigenvalue weighted by Crippen LogP contribution is -2.12. The van der Waals surface area contributed by atoms with Gasteiger partial charge < -0.3 is 5.11 Å². The van der Waals surface area contributed by atoms with Crippen LogP contribution in [0.2, 0.25) is 0 Å². The van der Waals surface area contributed by atoms with Crippen LogP contribution in [0.1, 0.15) is 32.3 Å². The minimum absolute atomic E-state index is 0.0412. The van der Waals surface area contributed by atoms with Crippen molar-refractivity contribution in [3.05, 3.63) is 16.9 Å². The van der Waals surface area contributed by atoms with Crippen molar-refractivity contribution in [1.82, 2.24) is 14.3 Å². The first kappa shape index (κ1) is 14.4. The highest BCUT2D eigenvalue weighted by Crippen LogP contribution is 2.33. The minimum Gasteiger partial charge on any atom is -0.481 e. The molecule has 2 aromatic heterocycles. The van der Waals surface area contributed by atoms with Crippen LogP contribution in [0.5, 0.6) is 0 Å². The molecule has 8 heteroatoms. The third kappa shape index (κ3) is 3.99. The summed E-state index contributed by atoms with van der Waals surface area (Å²) in [5, 5.41) is 10.5. The van der Waals surface area contributed by atoms with Crippen molar-refractivity contribution < 1.29 is 9.90 Å². The molecule has 102 valence electrons. The predicted octanol–water partition coefficient (Wildman–Crippen LogP) is 3.07. The van der Waals surface area contributed by atoms with Gasteiger partial charge in [-0.2, -0.15) is 4.37 Å². The van der Waals surface area contributed by atoms with Crippen molar-refractivity contribution in [2.75, 3.05) is 0 Å². The Morgan fingerprint density at radius 1 is 1.37 bits per heavy atom. The SMILES string of the molecule is CC(C)(C)c1nsc(Sc2nc(CC(=O)O)cs2)n1. The predicted molar refractivity (Wildman–Crippen MR) is 76.2 cm³/mol. The Kier molecular flexibility index (Phi) is 4.22. The molecule has 0 aliphatic heterocycles. The third-order valence-corrected chi connectivity index (χ3v) is 4.85. The second kappa shape index (κ2) is 5.56. The van der Waals surface area contributed by atoms with Crippen LogP contribution in [-0.2, 0) is 16.6 Å². The van der Waals surface area contributed by atoms with Crippen LogP contribution in [0, 0.1) is 0 Å². The largest absolute Gasteiger partial charge is 0.481 e. The van der Waals surface area contributed by atoms with Crippen molar-refractivity contribution in [3.63, 3.8) is 0 Å². The molecule has 1 N–H and O–H groups in total. The number of hydrogen-bond acceptors (Lipinski definition) is 7. The number of aromatic nitrogens is 3. The van der Waals surface area contributed by atoms with Gasteiger partial charge in [-0.25, -0.2) is 9.97 Å². The molecule has 5 nitrogen and oxygen atoms in total. The van der Waals surface area contributed by atoms with Gasteiger partial charge in [0.2, 0.25) is 0 Å². The van der Waals surface area contributed by atoms with Gasteiger partial charge in [-0.3, -0.25) is 4.79 Å². The maximum Gasteiger partial charge on any atom is 0.309 e. The number of rotatable bonds is 4. The Balaban J connectivity index is 2.07. The molecule has 0 aliphatic rings. The van der Waals surface area contributed by atoms with Crippen LogP contribution in [0.25, 0.3) is 0 Å². The van der Waals surface area contributed by atoms with E-state index in [1.165, 1.54) is 34.6 Å². The molecule has 0 amide bonds. The lowest BCUT2D eigenvalue weighted by Gasteiger charge is -2.11. The number of carboxylic acids is 1. The smallest absolute Gasteiger partial charge is 0.309 e. The fourth-order valence-corrected chi connectivity index (χ4v) is 4.03. The first-order chi connectivity index (χ1) is 8.84. The molecule has 2 aromatic rings. The number of hydrogen-bond donors (Lipinski definition) is 1. The third-order valence-electron chi connectivity index (χ3n) is 2.12. The molecule has 0 radical (unpaired) electrons. The monoisotopic (exact) mass is 315 g/mol. The van der Waals surface area contributed by atoms with Crippen molar-refractivity contribution in [2.24, 2.45) is 0 Å². The zero-order valence-corrected chi connectivity index (χ0v) is 13.2.